The van der Waals surface area contributed by atoms with Gasteiger partial charge in [0, 0.05) is 16.0 Å². The Bertz CT molecular complexity index is 1200. The Kier molecular flexibility index (Phi) is 5.53. The Labute approximate surface area is 179 Å². The summed E-state index contributed by atoms with van der Waals surface area (Å²) in [6.07, 6.45) is 0. The molecule has 3 aromatic heterocycles. The second-order valence-corrected chi connectivity index (χ2v) is 8.50. The summed E-state index contributed by atoms with van der Waals surface area (Å²) in [6.45, 7) is 3.70. The highest BCUT2D eigenvalue weighted by Crippen LogP contribution is 2.37. The third kappa shape index (κ3) is 3.98. The first-order valence-electron chi connectivity index (χ1n) is 8.53. The van der Waals surface area contributed by atoms with Gasteiger partial charge in [-0.15, -0.1) is 21.5 Å². The van der Waals surface area contributed by atoms with E-state index in [0.29, 0.717) is 33.3 Å². The summed E-state index contributed by atoms with van der Waals surface area (Å²) < 4.78 is 10.6. The molecule has 0 aliphatic rings. The topological polar surface area (TPSA) is 91.0 Å². The average molecular weight is 447 g/mol. The maximum absolute atomic E-state index is 12.0. The van der Waals surface area contributed by atoms with Crippen LogP contribution in [-0.4, -0.2) is 33.2 Å². The monoisotopic (exact) mass is 446 g/mol. The first-order chi connectivity index (χ1) is 14.0. The highest BCUT2D eigenvalue weighted by atomic mass is 35.5. The molecule has 0 aliphatic carbocycles. The number of aromatic nitrogens is 4. The van der Waals surface area contributed by atoms with Crippen molar-refractivity contribution in [2.24, 2.45) is 0 Å². The minimum atomic E-state index is -0.372. The van der Waals surface area contributed by atoms with Crippen LogP contribution < -0.4 is 0 Å². The smallest absolute Gasteiger partial charge is 0.348 e. The zero-order chi connectivity index (χ0) is 20.5. The van der Waals surface area contributed by atoms with Crippen molar-refractivity contribution < 1.29 is 13.9 Å². The van der Waals surface area contributed by atoms with E-state index < -0.39 is 0 Å². The van der Waals surface area contributed by atoms with Crippen LogP contribution in [0.4, 0.5) is 0 Å². The Balaban J connectivity index is 1.61. The van der Waals surface area contributed by atoms with Crippen LogP contribution in [0.2, 0.25) is 5.02 Å². The van der Waals surface area contributed by atoms with E-state index in [1.54, 1.807) is 12.1 Å². The lowest BCUT2D eigenvalue weighted by Crippen LogP contribution is -1.99. The van der Waals surface area contributed by atoms with E-state index in [4.69, 9.17) is 20.8 Å². The zero-order valence-corrected chi connectivity index (χ0v) is 18.1. The lowest BCUT2D eigenvalue weighted by Gasteiger charge is -2.03. The number of carbonyl (C=O) groups excluding carboxylic acids is 1. The van der Waals surface area contributed by atoms with Gasteiger partial charge in [0.15, 0.2) is 0 Å². The van der Waals surface area contributed by atoms with E-state index in [1.165, 1.54) is 30.2 Å². The number of esters is 1. The predicted molar refractivity (Wildman–Crippen MR) is 113 cm³/mol. The number of thiophene rings is 1. The molecule has 148 valence electrons. The molecule has 0 aliphatic heterocycles. The number of ether oxygens (including phenoxy) is 1. The van der Waals surface area contributed by atoms with E-state index in [2.05, 4.69) is 20.2 Å². The van der Waals surface area contributed by atoms with Crippen LogP contribution >= 0.6 is 34.7 Å². The first kappa shape index (κ1) is 19.8. The first-order valence-corrected chi connectivity index (χ1v) is 10.7. The van der Waals surface area contributed by atoms with Crippen LogP contribution in [0.5, 0.6) is 0 Å². The largest absolute Gasteiger partial charge is 0.465 e. The van der Waals surface area contributed by atoms with Gasteiger partial charge in [0.2, 0.25) is 11.8 Å². The summed E-state index contributed by atoms with van der Waals surface area (Å²) in [5, 5.41) is 10.5. The molecule has 4 rings (SSSR count). The van der Waals surface area contributed by atoms with Crippen LogP contribution in [0.25, 0.3) is 21.7 Å². The van der Waals surface area contributed by atoms with Crippen LogP contribution in [0.3, 0.4) is 0 Å². The zero-order valence-electron chi connectivity index (χ0n) is 15.7. The number of fused-ring (bicyclic) bond motifs is 1. The minimum Gasteiger partial charge on any atom is -0.465 e. The molecule has 7 nitrogen and oxygen atoms in total. The maximum atomic E-state index is 12.0. The normalized spacial score (nSPS) is 11.2. The van der Waals surface area contributed by atoms with Gasteiger partial charge in [-0.05, 0) is 43.7 Å². The van der Waals surface area contributed by atoms with Crippen molar-refractivity contribution in [3.05, 3.63) is 51.4 Å². The van der Waals surface area contributed by atoms with Gasteiger partial charge in [0.25, 0.3) is 0 Å². The van der Waals surface area contributed by atoms with E-state index >= 15 is 0 Å². The lowest BCUT2D eigenvalue weighted by atomic mass is 10.2. The van der Waals surface area contributed by atoms with Gasteiger partial charge in [-0.3, -0.25) is 0 Å². The highest BCUT2D eigenvalue weighted by Gasteiger charge is 2.21. The quantitative estimate of drug-likeness (QED) is 0.238. The molecule has 0 saturated heterocycles. The summed E-state index contributed by atoms with van der Waals surface area (Å²) in [6, 6.07) is 7.20. The molecule has 4 aromatic rings. The SMILES string of the molecule is COC(=O)c1sc2nc(C)nc(SCc3nnc(-c4ccc(Cl)cc4)o3)c2c1C. The molecule has 3 heterocycles. The second-order valence-electron chi connectivity index (χ2n) is 6.10. The van der Waals surface area contributed by atoms with Crippen molar-refractivity contribution in [1.29, 1.82) is 0 Å². The molecule has 0 radical (unpaired) electrons. The summed E-state index contributed by atoms with van der Waals surface area (Å²) >= 11 is 8.68. The van der Waals surface area contributed by atoms with Gasteiger partial charge in [-0.25, -0.2) is 14.8 Å². The minimum absolute atomic E-state index is 0.372. The highest BCUT2D eigenvalue weighted by molar-refractivity contribution is 7.98. The molecule has 0 fully saturated rings. The Morgan fingerprint density at radius 3 is 2.69 bits per heavy atom. The predicted octanol–water partition coefficient (Wildman–Crippen LogP) is 5.09. The van der Waals surface area contributed by atoms with Crippen molar-refractivity contribution in [1.82, 2.24) is 20.2 Å². The molecular weight excluding hydrogens is 432 g/mol. The van der Waals surface area contributed by atoms with Crippen molar-refractivity contribution in [3.63, 3.8) is 0 Å². The van der Waals surface area contributed by atoms with Gasteiger partial charge >= 0.3 is 5.97 Å². The number of hydrogen-bond acceptors (Lipinski definition) is 9. The van der Waals surface area contributed by atoms with Crippen LogP contribution in [0, 0.1) is 13.8 Å². The average Bonchev–Trinajstić information content (AvgIpc) is 3.31. The van der Waals surface area contributed by atoms with Crippen molar-refractivity contribution >= 4 is 50.9 Å². The van der Waals surface area contributed by atoms with E-state index in [-0.39, 0.29) is 5.97 Å². The third-order valence-corrected chi connectivity index (χ3v) is 6.51. The summed E-state index contributed by atoms with van der Waals surface area (Å²) in [5.74, 6) is 1.61. The van der Waals surface area contributed by atoms with Crippen molar-refractivity contribution in [3.8, 4) is 11.5 Å². The van der Waals surface area contributed by atoms with Crippen molar-refractivity contribution in [2.75, 3.05) is 7.11 Å². The molecule has 0 unspecified atom stereocenters. The molecular formula is C19H15ClN4O3S2. The summed E-state index contributed by atoms with van der Waals surface area (Å²) in [4.78, 5) is 22.3. The van der Waals surface area contributed by atoms with Crippen LogP contribution in [-0.2, 0) is 10.5 Å². The number of thioether (sulfide) groups is 1. The standard InChI is InChI=1S/C19H15ClN4O3S2/c1-9-14-17(21-10(2)22-18(14)29-15(9)19(25)26-3)28-8-13-23-24-16(27-13)11-4-6-12(20)7-5-11/h4-7H,8H2,1-3H3. The number of rotatable bonds is 5. The van der Waals surface area contributed by atoms with Gasteiger partial charge < -0.3 is 9.15 Å². The lowest BCUT2D eigenvalue weighted by molar-refractivity contribution is 0.0605. The third-order valence-electron chi connectivity index (χ3n) is 4.13. The van der Waals surface area contributed by atoms with E-state index in [0.717, 1.165) is 26.4 Å². The molecule has 0 bridgehead atoms. The molecule has 0 N–H and O–H groups in total. The fraction of sp³-hybridized carbons (Fsp3) is 0.211. The number of hydrogen-bond donors (Lipinski definition) is 0. The van der Waals surface area contributed by atoms with Gasteiger partial charge in [0.05, 0.1) is 12.9 Å². The number of aryl methyl sites for hydroxylation is 2. The fourth-order valence-electron chi connectivity index (χ4n) is 2.75. The summed E-state index contributed by atoms with van der Waals surface area (Å²) in [5.41, 5.74) is 1.61. The van der Waals surface area contributed by atoms with Crippen LogP contribution in [0.1, 0.15) is 27.0 Å². The van der Waals surface area contributed by atoms with Gasteiger partial charge in [-0.1, -0.05) is 23.4 Å². The molecule has 0 atom stereocenters. The van der Waals surface area contributed by atoms with E-state index in [9.17, 15) is 4.79 Å². The Morgan fingerprint density at radius 1 is 1.21 bits per heavy atom. The van der Waals surface area contributed by atoms with E-state index in [1.807, 2.05) is 26.0 Å². The summed E-state index contributed by atoms with van der Waals surface area (Å²) in [7, 11) is 1.37. The van der Waals surface area contributed by atoms with Gasteiger partial charge in [0.1, 0.15) is 20.6 Å². The number of benzene rings is 1. The maximum Gasteiger partial charge on any atom is 0.348 e. The Hall–Kier alpha value is -2.49. The second kappa shape index (κ2) is 8.10. The number of nitrogens with zero attached hydrogens (tertiary/aromatic N) is 4. The number of carbonyl (C=O) groups is 1. The molecule has 0 saturated carbocycles. The molecule has 29 heavy (non-hydrogen) atoms. The van der Waals surface area contributed by atoms with Gasteiger partial charge in [-0.2, -0.15) is 0 Å². The molecule has 1 aromatic carbocycles. The fourth-order valence-corrected chi connectivity index (χ4v) is 5.05. The Morgan fingerprint density at radius 2 is 1.97 bits per heavy atom. The van der Waals surface area contributed by atoms with Crippen molar-refractivity contribution in [2.45, 2.75) is 24.6 Å². The number of halogens is 1. The molecule has 0 spiro atoms. The van der Waals surface area contributed by atoms with Crippen LogP contribution in [0.15, 0.2) is 33.7 Å². The molecule has 10 heteroatoms. The number of methoxy groups -OCH3 is 1. The molecule has 0 amide bonds.